The Morgan fingerprint density at radius 1 is 1.21 bits per heavy atom. The third-order valence-electron chi connectivity index (χ3n) is 3.62. The molecule has 6 heteroatoms. The zero-order chi connectivity index (χ0) is 16.9. The fraction of sp³-hybridized carbons (Fsp3) is 0.167. The molecule has 0 fully saturated rings. The highest BCUT2D eigenvalue weighted by atomic mass is 16.5. The summed E-state index contributed by atoms with van der Waals surface area (Å²) in [5.41, 5.74) is 1.77. The van der Waals surface area contributed by atoms with Crippen molar-refractivity contribution in [2.24, 2.45) is 0 Å². The van der Waals surface area contributed by atoms with Crippen LogP contribution >= 0.6 is 0 Å². The molecule has 3 rings (SSSR count). The maximum absolute atomic E-state index is 12.0. The Bertz CT molecular complexity index is 844. The van der Waals surface area contributed by atoms with Crippen LogP contribution in [0.4, 0.5) is 0 Å². The number of rotatable bonds is 5. The number of aromatic nitrogens is 2. The van der Waals surface area contributed by atoms with Gasteiger partial charge in [-0.2, -0.15) is 4.73 Å². The lowest BCUT2D eigenvalue weighted by Gasteiger charge is -2.04. The van der Waals surface area contributed by atoms with Gasteiger partial charge in [0, 0.05) is 30.7 Å². The van der Waals surface area contributed by atoms with Gasteiger partial charge in [-0.1, -0.05) is 18.2 Å². The minimum Gasteiger partial charge on any atom is -0.618 e. The largest absolute Gasteiger partial charge is 0.618 e. The second-order valence-electron chi connectivity index (χ2n) is 5.31. The van der Waals surface area contributed by atoms with E-state index in [1.54, 1.807) is 12.1 Å². The van der Waals surface area contributed by atoms with E-state index < -0.39 is 5.91 Å². The molecule has 2 heterocycles. The van der Waals surface area contributed by atoms with Crippen LogP contribution in [0.15, 0.2) is 59.1 Å². The maximum atomic E-state index is 12.0. The van der Waals surface area contributed by atoms with E-state index in [1.165, 1.54) is 12.3 Å². The van der Waals surface area contributed by atoms with Gasteiger partial charge in [0.2, 0.25) is 5.89 Å². The third-order valence-corrected chi connectivity index (χ3v) is 3.62. The number of amides is 1. The van der Waals surface area contributed by atoms with Crippen molar-refractivity contribution in [1.82, 2.24) is 10.3 Å². The summed E-state index contributed by atoms with van der Waals surface area (Å²) in [6.07, 6.45) is 1.82. The number of carbonyl (C=O) groups excluding carboxylic acids is 1. The number of nitrogens with one attached hydrogen (secondary N) is 1. The fourth-order valence-corrected chi connectivity index (χ4v) is 2.35. The van der Waals surface area contributed by atoms with Gasteiger partial charge in [0.25, 0.3) is 5.69 Å². The molecule has 0 saturated heterocycles. The van der Waals surface area contributed by atoms with Crippen LogP contribution in [0.3, 0.4) is 0 Å². The van der Waals surface area contributed by atoms with E-state index in [4.69, 9.17) is 4.42 Å². The summed E-state index contributed by atoms with van der Waals surface area (Å²) in [6.45, 7) is 2.22. The van der Waals surface area contributed by atoms with E-state index in [-0.39, 0.29) is 5.69 Å². The average Bonchev–Trinajstić information content (AvgIpc) is 2.97. The normalized spacial score (nSPS) is 10.5. The Morgan fingerprint density at radius 2 is 1.96 bits per heavy atom. The van der Waals surface area contributed by atoms with Crippen LogP contribution in [0.1, 0.15) is 21.9 Å². The van der Waals surface area contributed by atoms with E-state index >= 15 is 0 Å². The highest BCUT2D eigenvalue weighted by molar-refractivity contribution is 5.90. The molecule has 0 aliphatic heterocycles. The first kappa shape index (κ1) is 15.7. The van der Waals surface area contributed by atoms with Crippen LogP contribution in [-0.4, -0.2) is 17.4 Å². The topological polar surface area (TPSA) is 82.1 Å². The standard InChI is InChI=1S/C18H17N3O3/c1-13-15(20-18(24-13)14-7-3-2-4-8-14)10-11-19-17(22)16-9-5-6-12-21(16)23/h2-9,12H,10-11H2,1H3,(H,19,22). The highest BCUT2D eigenvalue weighted by Gasteiger charge is 2.15. The number of nitrogens with zero attached hydrogens (tertiary/aromatic N) is 2. The summed E-state index contributed by atoms with van der Waals surface area (Å²) in [5, 5.41) is 14.3. The SMILES string of the molecule is Cc1oc(-c2ccccc2)nc1CCNC(=O)c1cccc[n+]1[O-]. The van der Waals surface area contributed by atoms with E-state index in [1.807, 2.05) is 37.3 Å². The molecule has 2 aromatic heterocycles. The molecule has 0 aliphatic carbocycles. The zero-order valence-electron chi connectivity index (χ0n) is 13.2. The van der Waals surface area contributed by atoms with Crippen molar-refractivity contribution >= 4 is 5.91 Å². The molecule has 1 N–H and O–H groups in total. The minimum absolute atomic E-state index is 0.0688. The van der Waals surface area contributed by atoms with Crippen LogP contribution < -0.4 is 10.0 Å². The molecule has 24 heavy (non-hydrogen) atoms. The van der Waals surface area contributed by atoms with Crippen LogP contribution in [-0.2, 0) is 6.42 Å². The van der Waals surface area contributed by atoms with E-state index in [9.17, 15) is 10.0 Å². The summed E-state index contributed by atoms with van der Waals surface area (Å²) in [7, 11) is 0. The second-order valence-corrected chi connectivity index (χ2v) is 5.31. The van der Waals surface area contributed by atoms with Gasteiger partial charge >= 0.3 is 5.91 Å². The quantitative estimate of drug-likeness (QED) is 0.577. The van der Waals surface area contributed by atoms with E-state index in [0.717, 1.165) is 17.0 Å². The molecular weight excluding hydrogens is 306 g/mol. The average molecular weight is 323 g/mol. The predicted molar refractivity (Wildman–Crippen MR) is 88.1 cm³/mol. The maximum Gasteiger partial charge on any atom is 0.317 e. The van der Waals surface area contributed by atoms with Gasteiger partial charge in [-0.15, -0.1) is 0 Å². The lowest BCUT2D eigenvalue weighted by Crippen LogP contribution is -2.39. The molecule has 0 spiro atoms. The van der Waals surface area contributed by atoms with Gasteiger partial charge in [0.15, 0.2) is 6.20 Å². The highest BCUT2D eigenvalue weighted by Crippen LogP contribution is 2.21. The molecule has 1 amide bonds. The lowest BCUT2D eigenvalue weighted by molar-refractivity contribution is -0.607. The van der Waals surface area contributed by atoms with Gasteiger partial charge in [-0.3, -0.25) is 4.79 Å². The summed E-state index contributed by atoms with van der Waals surface area (Å²) in [6, 6.07) is 14.3. The zero-order valence-corrected chi connectivity index (χ0v) is 13.2. The summed E-state index contributed by atoms with van der Waals surface area (Å²) >= 11 is 0. The van der Waals surface area contributed by atoms with Crippen molar-refractivity contribution in [3.63, 3.8) is 0 Å². The van der Waals surface area contributed by atoms with Crippen LogP contribution in [0, 0.1) is 12.1 Å². The van der Waals surface area contributed by atoms with Crippen LogP contribution in [0.5, 0.6) is 0 Å². The van der Waals surface area contributed by atoms with Gasteiger partial charge in [-0.05, 0) is 25.1 Å². The summed E-state index contributed by atoms with van der Waals surface area (Å²) in [5.74, 6) is 0.881. The minimum atomic E-state index is -0.407. The Labute approximate surface area is 139 Å². The van der Waals surface area contributed by atoms with Crippen LogP contribution in [0.25, 0.3) is 11.5 Å². The fourth-order valence-electron chi connectivity index (χ4n) is 2.35. The van der Waals surface area contributed by atoms with Crippen molar-refractivity contribution in [1.29, 1.82) is 0 Å². The first-order chi connectivity index (χ1) is 11.6. The van der Waals surface area contributed by atoms with Gasteiger partial charge in [-0.25, -0.2) is 4.98 Å². The molecule has 122 valence electrons. The Morgan fingerprint density at radius 3 is 2.71 bits per heavy atom. The second kappa shape index (κ2) is 6.95. The molecular formula is C18H17N3O3. The van der Waals surface area contributed by atoms with E-state index in [2.05, 4.69) is 10.3 Å². The van der Waals surface area contributed by atoms with Gasteiger partial charge in [0.05, 0.1) is 5.69 Å². The molecule has 6 nitrogen and oxygen atoms in total. The molecule has 0 atom stereocenters. The number of aryl methyl sites for hydroxylation is 1. The number of hydrogen-bond donors (Lipinski definition) is 1. The molecule has 0 unspecified atom stereocenters. The van der Waals surface area contributed by atoms with Gasteiger partial charge < -0.3 is 14.9 Å². The summed E-state index contributed by atoms with van der Waals surface area (Å²) < 4.78 is 6.23. The number of oxazole rings is 1. The molecule has 0 radical (unpaired) electrons. The summed E-state index contributed by atoms with van der Waals surface area (Å²) in [4.78, 5) is 16.5. The van der Waals surface area contributed by atoms with Gasteiger partial charge in [0.1, 0.15) is 5.76 Å². The number of carbonyl (C=O) groups is 1. The third kappa shape index (κ3) is 3.43. The van der Waals surface area contributed by atoms with Crippen molar-refractivity contribution < 1.29 is 13.9 Å². The number of hydrogen-bond acceptors (Lipinski definition) is 4. The smallest absolute Gasteiger partial charge is 0.317 e. The molecule has 3 aromatic rings. The van der Waals surface area contributed by atoms with E-state index in [0.29, 0.717) is 23.6 Å². The van der Waals surface area contributed by atoms with Crippen molar-refractivity contribution in [2.45, 2.75) is 13.3 Å². The molecule has 0 aliphatic rings. The van der Waals surface area contributed by atoms with Crippen molar-refractivity contribution in [3.05, 3.63) is 77.1 Å². The lowest BCUT2D eigenvalue weighted by atomic mass is 10.2. The number of pyridine rings is 1. The number of benzene rings is 1. The Balaban J connectivity index is 1.62. The molecule has 0 bridgehead atoms. The first-order valence-corrected chi connectivity index (χ1v) is 7.63. The Kier molecular flexibility index (Phi) is 4.56. The van der Waals surface area contributed by atoms with Crippen LogP contribution in [0.2, 0.25) is 0 Å². The molecule has 1 aromatic carbocycles. The first-order valence-electron chi connectivity index (χ1n) is 7.63. The van der Waals surface area contributed by atoms with Crippen molar-refractivity contribution in [2.75, 3.05) is 6.54 Å². The predicted octanol–water partition coefficient (Wildman–Crippen LogP) is 2.26. The molecule has 0 saturated carbocycles. The monoisotopic (exact) mass is 323 g/mol. The van der Waals surface area contributed by atoms with Crippen molar-refractivity contribution in [3.8, 4) is 11.5 Å². The Hall–Kier alpha value is -3.15.